The molecule has 0 bridgehead atoms. The molecule has 0 aliphatic heterocycles. The molecule has 1 aliphatic carbocycles. The van der Waals surface area contributed by atoms with Gasteiger partial charge in [0.1, 0.15) is 6.54 Å². The Kier molecular flexibility index (Phi) is 5.41. The number of aromatic nitrogens is 3. The van der Waals surface area contributed by atoms with Gasteiger partial charge >= 0.3 is 5.69 Å². The van der Waals surface area contributed by atoms with E-state index in [1.807, 2.05) is 37.3 Å². The van der Waals surface area contributed by atoms with Crippen LogP contribution in [0, 0.1) is 6.92 Å². The molecular weight excluding hydrogens is 398 g/mol. The van der Waals surface area contributed by atoms with Gasteiger partial charge in [0.2, 0.25) is 0 Å². The SMILES string of the molecule is Cc1cccc(C(C)(C)CC(=O)Cn2nc(-c3ccc(Cl)cc3)n(C3CC3)c2=O)c1. The summed E-state index contributed by atoms with van der Waals surface area (Å²) in [5.74, 6) is 0.594. The van der Waals surface area contributed by atoms with Gasteiger partial charge in [0, 0.05) is 23.0 Å². The van der Waals surface area contributed by atoms with E-state index in [4.69, 9.17) is 11.6 Å². The van der Waals surface area contributed by atoms with Gasteiger partial charge in [-0.15, -0.1) is 5.10 Å². The number of aryl methyl sites for hydroxylation is 1. The molecule has 2 aromatic carbocycles. The monoisotopic (exact) mass is 423 g/mol. The zero-order valence-electron chi connectivity index (χ0n) is 17.6. The van der Waals surface area contributed by atoms with Gasteiger partial charge in [0.15, 0.2) is 11.6 Å². The van der Waals surface area contributed by atoms with Crippen LogP contribution in [0.15, 0.2) is 53.3 Å². The fraction of sp³-hybridized carbons (Fsp3) is 0.375. The third-order valence-corrected chi connectivity index (χ3v) is 5.90. The number of benzene rings is 2. The number of carbonyl (C=O) groups is 1. The van der Waals surface area contributed by atoms with Crippen LogP contribution in [0.5, 0.6) is 0 Å². The van der Waals surface area contributed by atoms with Crippen molar-refractivity contribution in [2.24, 2.45) is 0 Å². The predicted octanol–water partition coefficient (Wildman–Crippen LogP) is 4.95. The number of Topliss-reactive ketones (excluding diaryl/α,β-unsaturated/α-hetero) is 1. The molecule has 0 amide bonds. The topological polar surface area (TPSA) is 56.9 Å². The van der Waals surface area contributed by atoms with E-state index in [0.717, 1.165) is 24.0 Å². The Balaban J connectivity index is 1.59. The molecule has 156 valence electrons. The van der Waals surface area contributed by atoms with E-state index in [1.54, 1.807) is 16.7 Å². The van der Waals surface area contributed by atoms with Crippen molar-refractivity contribution in [2.45, 2.75) is 58.0 Å². The van der Waals surface area contributed by atoms with Crippen LogP contribution in [-0.4, -0.2) is 20.1 Å². The van der Waals surface area contributed by atoms with Crippen molar-refractivity contribution in [3.63, 3.8) is 0 Å². The molecule has 0 atom stereocenters. The van der Waals surface area contributed by atoms with Gasteiger partial charge in [-0.3, -0.25) is 9.36 Å². The second-order valence-corrected chi connectivity index (χ2v) is 9.28. The van der Waals surface area contributed by atoms with E-state index in [0.29, 0.717) is 17.3 Å². The molecule has 30 heavy (non-hydrogen) atoms. The Bertz CT molecular complexity index is 1140. The van der Waals surface area contributed by atoms with Crippen molar-refractivity contribution < 1.29 is 4.79 Å². The molecule has 0 N–H and O–H groups in total. The molecule has 1 aliphatic rings. The van der Waals surface area contributed by atoms with Gasteiger partial charge in [-0.25, -0.2) is 9.48 Å². The molecule has 1 heterocycles. The van der Waals surface area contributed by atoms with E-state index in [2.05, 4.69) is 25.0 Å². The Labute approximate surface area is 181 Å². The van der Waals surface area contributed by atoms with Crippen LogP contribution in [-0.2, 0) is 16.8 Å². The molecular formula is C24H26ClN3O2. The summed E-state index contributed by atoms with van der Waals surface area (Å²) < 4.78 is 3.04. The fourth-order valence-electron chi connectivity index (χ4n) is 3.86. The summed E-state index contributed by atoms with van der Waals surface area (Å²) in [5, 5.41) is 5.16. The smallest absolute Gasteiger partial charge is 0.298 e. The molecule has 1 fully saturated rings. The van der Waals surface area contributed by atoms with Crippen LogP contribution in [0.2, 0.25) is 5.02 Å². The Morgan fingerprint density at radius 3 is 2.50 bits per heavy atom. The maximum absolute atomic E-state index is 13.0. The van der Waals surface area contributed by atoms with Gasteiger partial charge in [-0.05, 0) is 55.0 Å². The molecule has 4 rings (SSSR count). The summed E-state index contributed by atoms with van der Waals surface area (Å²) in [6.45, 7) is 6.15. The van der Waals surface area contributed by atoms with Gasteiger partial charge in [-0.1, -0.05) is 55.3 Å². The zero-order valence-corrected chi connectivity index (χ0v) is 18.3. The number of ketones is 1. The average molecular weight is 424 g/mol. The van der Waals surface area contributed by atoms with Gasteiger partial charge in [0.25, 0.3) is 0 Å². The minimum absolute atomic E-state index is 0.00768. The second-order valence-electron chi connectivity index (χ2n) is 8.84. The maximum atomic E-state index is 13.0. The third kappa shape index (κ3) is 4.26. The summed E-state index contributed by atoms with van der Waals surface area (Å²) in [7, 11) is 0. The van der Waals surface area contributed by atoms with Crippen molar-refractivity contribution >= 4 is 17.4 Å². The molecule has 0 radical (unpaired) electrons. The largest absolute Gasteiger partial charge is 0.346 e. The standard InChI is InChI=1S/C24H26ClN3O2/c1-16-5-4-6-18(13-16)24(2,3)14-21(29)15-27-23(30)28(20-11-12-20)22(26-27)17-7-9-19(25)10-8-17/h4-10,13,20H,11-12,14-15H2,1-3H3. The Morgan fingerprint density at radius 1 is 1.17 bits per heavy atom. The fourth-order valence-corrected chi connectivity index (χ4v) is 3.99. The van der Waals surface area contributed by atoms with Crippen molar-refractivity contribution in [3.8, 4) is 11.4 Å². The molecule has 0 saturated heterocycles. The van der Waals surface area contributed by atoms with Crippen LogP contribution in [0.3, 0.4) is 0 Å². The van der Waals surface area contributed by atoms with Crippen LogP contribution >= 0.6 is 11.6 Å². The number of nitrogens with zero attached hydrogens (tertiary/aromatic N) is 3. The van der Waals surface area contributed by atoms with Gasteiger partial charge in [-0.2, -0.15) is 0 Å². The lowest BCUT2D eigenvalue weighted by atomic mass is 9.79. The first-order chi connectivity index (χ1) is 14.2. The van der Waals surface area contributed by atoms with Crippen LogP contribution < -0.4 is 5.69 Å². The summed E-state index contributed by atoms with van der Waals surface area (Å²) >= 11 is 6.00. The molecule has 3 aromatic rings. The third-order valence-electron chi connectivity index (χ3n) is 5.65. The highest BCUT2D eigenvalue weighted by Crippen LogP contribution is 2.36. The van der Waals surface area contributed by atoms with E-state index in [1.165, 1.54) is 10.2 Å². The molecule has 0 unspecified atom stereocenters. The number of hydrogen-bond donors (Lipinski definition) is 0. The quantitative estimate of drug-likeness (QED) is 0.540. The van der Waals surface area contributed by atoms with Crippen LogP contribution in [0.4, 0.5) is 0 Å². The number of rotatable bonds is 7. The highest BCUT2D eigenvalue weighted by Gasteiger charge is 2.31. The minimum atomic E-state index is -0.315. The number of carbonyl (C=O) groups excluding carboxylic acids is 1. The molecule has 0 spiro atoms. The van der Waals surface area contributed by atoms with Gasteiger partial charge < -0.3 is 0 Å². The van der Waals surface area contributed by atoms with Crippen molar-refractivity contribution in [3.05, 3.63) is 75.2 Å². The van der Waals surface area contributed by atoms with Crippen molar-refractivity contribution in [2.75, 3.05) is 0 Å². The summed E-state index contributed by atoms with van der Waals surface area (Å²) in [6.07, 6.45) is 2.26. The van der Waals surface area contributed by atoms with Crippen molar-refractivity contribution in [1.29, 1.82) is 0 Å². The van der Waals surface area contributed by atoms with E-state index in [-0.39, 0.29) is 29.5 Å². The predicted molar refractivity (Wildman–Crippen MR) is 119 cm³/mol. The lowest BCUT2D eigenvalue weighted by Gasteiger charge is -2.24. The Morgan fingerprint density at radius 2 is 1.87 bits per heavy atom. The summed E-state index contributed by atoms with van der Waals surface area (Å²) in [6, 6.07) is 15.7. The molecule has 1 saturated carbocycles. The second kappa shape index (κ2) is 7.88. The first-order valence-electron chi connectivity index (χ1n) is 10.3. The van der Waals surface area contributed by atoms with Crippen molar-refractivity contribution in [1.82, 2.24) is 14.3 Å². The average Bonchev–Trinajstić information content (AvgIpc) is 3.47. The number of hydrogen-bond acceptors (Lipinski definition) is 3. The molecule has 5 nitrogen and oxygen atoms in total. The molecule has 1 aromatic heterocycles. The highest BCUT2D eigenvalue weighted by atomic mass is 35.5. The number of halogens is 1. The van der Waals surface area contributed by atoms with E-state index in [9.17, 15) is 9.59 Å². The first kappa shape index (κ1) is 20.6. The highest BCUT2D eigenvalue weighted by molar-refractivity contribution is 6.30. The minimum Gasteiger partial charge on any atom is -0.298 e. The maximum Gasteiger partial charge on any atom is 0.346 e. The lowest BCUT2D eigenvalue weighted by molar-refractivity contribution is -0.120. The molecule has 6 heteroatoms. The van der Waals surface area contributed by atoms with E-state index < -0.39 is 0 Å². The van der Waals surface area contributed by atoms with Crippen LogP contribution in [0.1, 0.15) is 50.3 Å². The van der Waals surface area contributed by atoms with Crippen LogP contribution in [0.25, 0.3) is 11.4 Å². The lowest BCUT2D eigenvalue weighted by Crippen LogP contribution is -2.30. The Hall–Kier alpha value is -2.66. The zero-order chi connectivity index (χ0) is 21.5. The normalized spacial score (nSPS) is 14.1. The van der Waals surface area contributed by atoms with E-state index >= 15 is 0 Å². The van der Waals surface area contributed by atoms with Gasteiger partial charge in [0.05, 0.1) is 0 Å². The summed E-state index contributed by atoms with van der Waals surface area (Å²) in [4.78, 5) is 25.9. The first-order valence-corrected chi connectivity index (χ1v) is 10.7. The summed E-state index contributed by atoms with van der Waals surface area (Å²) in [5.41, 5.74) is 2.58.